The second-order valence-electron chi connectivity index (χ2n) is 3.28. The van der Waals surface area contributed by atoms with Crippen LogP contribution in [0.15, 0.2) is 0 Å². The van der Waals surface area contributed by atoms with E-state index in [1.807, 2.05) is 13.8 Å². The minimum absolute atomic E-state index is 1.02. The van der Waals surface area contributed by atoms with Crippen molar-refractivity contribution >= 4 is 22.6 Å². The van der Waals surface area contributed by atoms with Crippen molar-refractivity contribution in [1.29, 1.82) is 0 Å². The maximum Gasteiger partial charge on any atom is 0.00237 e. The maximum atomic E-state index is 2.51. The predicted molar refractivity (Wildman–Crippen MR) is 61.4 cm³/mol. The summed E-state index contributed by atoms with van der Waals surface area (Å²) in [5, 5.41) is 0. The van der Waals surface area contributed by atoms with E-state index in [1.165, 1.54) is 30.1 Å². The fourth-order valence-electron chi connectivity index (χ4n) is 1.48. The smallest absolute Gasteiger partial charge is 0.00237 e. The van der Waals surface area contributed by atoms with Crippen molar-refractivity contribution in [3.8, 4) is 0 Å². The highest BCUT2D eigenvalue weighted by Gasteiger charge is 2.16. The molecule has 68 valence electrons. The van der Waals surface area contributed by atoms with Gasteiger partial charge in [-0.3, -0.25) is 0 Å². The van der Waals surface area contributed by atoms with Gasteiger partial charge in [-0.15, -0.1) is 0 Å². The van der Waals surface area contributed by atoms with E-state index in [1.54, 1.807) is 0 Å². The van der Waals surface area contributed by atoms with Crippen molar-refractivity contribution in [3.05, 3.63) is 0 Å². The van der Waals surface area contributed by atoms with Crippen LogP contribution in [0.5, 0.6) is 0 Å². The van der Waals surface area contributed by atoms with Gasteiger partial charge in [0.25, 0.3) is 0 Å². The van der Waals surface area contributed by atoms with Gasteiger partial charge in [0.05, 0.1) is 0 Å². The molecule has 1 fully saturated rings. The average Bonchev–Trinajstić information content (AvgIpc) is 2.10. The molecule has 0 aromatic rings. The van der Waals surface area contributed by atoms with E-state index in [4.69, 9.17) is 0 Å². The maximum absolute atomic E-state index is 2.51. The molecule has 1 aliphatic carbocycles. The van der Waals surface area contributed by atoms with E-state index in [2.05, 4.69) is 29.5 Å². The molecule has 0 radical (unpaired) electrons. The minimum atomic E-state index is 1.02. The second kappa shape index (κ2) is 7.38. The van der Waals surface area contributed by atoms with Gasteiger partial charge in [0.1, 0.15) is 0 Å². The fourth-order valence-corrected chi connectivity index (χ4v) is 2.36. The Labute approximate surface area is 85.3 Å². The van der Waals surface area contributed by atoms with E-state index in [0.29, 0.717) is 0 Å². The van der Waals surface area contributed by atoms with E-state index < -0.39 is 0 Å². The molecule has 0 nitrogen and oxygen atoms in total. The molecule has 0 bridgehead atoms. The number of halogens is 1. The van der Waals surface area contributed by atoms with Crippen LogP contribution in [0, 0.1) is 11.8 Å². The van der Waals surface area contributed by atoms with E-state index in [0.717, 1.165) is 11.8 Å². The third kappa shape index (κ3) is 5.05. The Morgan fingerprint density at radius 3 is 1.91 bits per heavy atom. The summed E-state index contributed by atoms with van der Waals surface area (Å²) in [6.07, 6.45) is 5.94. The van der Waals surface area contributed by atoms with Crippen molar-refractivity contribution in [2.24, 2.45) is 11.8 Å². The van der Waals surface area contributed by atoms with Crippen LogP contribution in [0.1, 0.15) is 46.5 Å². The summed E-state index contributed by atoms with van der Waals surface area (Å²) in [4.78, 5) is 0. The van der Waals surface area contributed by atoms with E-state index in [-0.39, 0.29) is 0 Å². The average molecular weight is 268 g/mol. The van der Waals surface area contributed by atoms with Crippen LogP contribution in [0.3, 0.4) is 0 Å². The molecule has 0 N–H and O–H groups in total. The standard InChI is InChI=1S/C8H15I.C2H6/c1-7-2-4-8(6-9)5-3-7;1-2/h7-8H,2-6H2,1H3;1-2H3. The number of rotatable bonds is 1. The van der Waals surface area contributed by atoms with Crippen LogP contribution in [-0.4, -0.2) is 4.43 Å². The van der Waals surface area contributed by atoms with Crippen LogP contribution in [0.2, 0.25) is 0 Å². The van der Waals surface area contributed by atoms with Crippen LogP contribution in [0.25, 0.3) is 0 Å². The Hall–Kier alpha value is 0.730. The molecular formula is C10H21I. The molecule has 0 aromatic carbocycles. The summed E-state index contributed by atoms with van der Waals surface area (Å²) in [7, 11) is 0. The molecule has 0 aromatic heterocycles. The van der Waals surface area contributed by atoms with Gasteiger partial charge in [-0.25, -0.2) is 0 Å². The highest BCUT2D eigenvalue weighted by Crippen LogP contribution is 2.29. The molecule has 0 unspecified atom stereocenters. The lowest BCUT2D eigenvalue weighted by Crippen LogP contribution is -2.12. The van der Waals surface area contributed by atoms with E-state index >= 15 is 0 Å². The van der Waals surface area contributed by atoms with Gasteiger partial charge in [0.2, 0.25) is 0 Å². The molecule has 0 spiro atoms. The number of alkyl halides is 1. The van der Waals surface area contributed by atoms with Crippen LogP contribution in [-0.2, 0) is 0 Å². The lowest BCUT2D eigenvalue weighted by molar-refractivity contribution is 0.314. The van der Waals surface area contributed by atoms with Crippen LogP contribution >= 0.6 is 22.6 Å². The zero-order valence-corrected chi connectivity index (χ0v) is 10.2. The molecular weight excluding hydrogens is 247 g/mol. The summed E-state index contributed by atoms with van der Waals surface area (Å²) < 4.78 is 1.38. The zero-order valence-electron chi connectivity index (χ0n) is 8.07. The first-order valence-electron chi connectivity index (χ1n) is 4.89. The molecule has 0 amide bonds. The fraction of sp³-hybridized carbons (Fsp3) is 1.00. The summed E-state index contributed by atoms with van der Waals surface area (Å²) in [5.41, 5.74) is 0. The number of hydrogen-bond donors (Lipinski definition) is 0. The monoisotopic (exact) mass is 268 g/mol. The molecule has 11 heavy (non-hydrogen) atoms. The zero-order chi connectivity index (χ0) is 8.69. The second-order valence-corrected chi connectivity index (χ2v) is 4.16. The van der Waals surface area contributed by atoms with Crippen molar-refractivity contribution in [3.63, 3.8) is 0 Å². The largest absolute Gasteiger partial charge is 0.0861 e. The summed E-state index contributed by atoms with van der Waals surface area (Å²) >= 11 is 2.51. The van der Waals surface area contributed by atoms with Crippen molar-refractivity contribution in [1.82, 2.24) is 0 Å². The third-order valence-corrected chi connectivity index (χ3v) is 3.60. The lowest BCUT2D eigenvalue weighted by Gasteiger charge is -2.24. The summed E-state index contributed by atoms with van der Waals surface area (Å²) in [5.74, 6) is 2.07. The SMILES string of the molecule is CC.CC1CCC(CI)CC1. The summed E-state index contributed by atoms with van der Waals surface area (Å²) in [6.45, 7) is 6.38. The lowest BCUT2D eigenvalue weighted by atomic mass is 9.84. The van der Waals surface area contributed by atoms with Crippen molar-refractivity contribution in [2.45, 2.75) is 46.5 Å². The number of hydrogen-bond acceptors (Lipinski definition) is 0. The van der Waals surface area contributed by atoms with Gasteiger partial charge in [-0.1, -0.05) is 56.2 Å². The van der Waals surface area contributed by atoms with E-state index in [9.17, 15) is 0 Å². The van der Waals surface area contributed by atoms with Crippen molar-refractivity contribution in [2.75, 3.05) is 4.43 Å². The van der Waals surface area contributed by atoms with Gasteiger partial charge in [-0.2, -0.15) is 0 Å². The van der Waals surface area contributed by atoms with Gasteiger partial charge in [0, 0.05) is 4.43 Å². The Kier molecular flexibility index (Phi) is 7.87. The highest BCUT2D eigenvalue weighted by molar-refractivity contribution is 14.1. The summed E-state index contributed by atoms with van der Waals surface area (Å²) in [6, 6.07) is 0. The third-order valence-electron chi connectivity index (χ3n) is 2.35. The highest BCUT2D eigenvalue weighted by atomic mass is 127. The predicted octanol–water partition coefficient (Wildman–Crippen LogP) is 4.27. The Bertz CT molecular complexity index is 72.9. The first-order valence-corrected chi connectivity index (χ1v) is 6.41. The quantitative estimate of drug-likeness (QED) is 0.492. The molecule has 1 aliphatic rings. The Morgan fingerprint density at radius 1 is 1.09 bits per heavy atom. The van der Waals surface area contributed by atoms with Crippen molar-refractivity contribution < 1.29 is 0 Å². The molecule has 0 atom stereocenters. The molecule has 1 heteroatoms. The first-order chi connectivity index (χ1) is 5.33. The minimum Gasteiger partial charge on any atom is -0.0861 e. The molecule has 1 saturated carbocycles. The topological polar surface area (TPSA) is 0 Å². The molecule has 1 rings (SSSR count). The van der Waals surface area contributed by atoms with Gasteiger partial charge in [0.15, 0.2) is 0 Å². The van der Waals surface area contributed by atoms with Gasteiger partial charge >= 0.3 is 0 Å². The van der Waals surface area contributed by atoms with Crippen LogP contribution in [0.4, 0.5) is 0 Å². The van der Waals surface area contributed by atoms with Gasteiger partial charge < -0.3 is 0 Å². The van der Waals surface area contributed by atoms with Gasteiger partial charge in [-0.05, 0) is 24.7 Å². The molecule has 0 saturated heterocycles. The molecule has 0 aliphatic heterocycles. The normalized spacial score (nSPS) is 30.5. The van der Waals surface area contributed by atoms with Crippen LogP contribution < -0.4 is 0 Å². The Morgan fingerprint density at radius 2 is 1.55 bits per heavy atom. The molecule has 0 heterocycles. The Balaban J connectivity index is 0.000000461. The first kappa shape index (κ1) is 11.7.